The molecule has 0 radical (unpaired) electrons. The first-order valence-corrected chi connectivity index (χ1v) is 13.4. The molecule has 1 aliphatic heterocycles. The highest BCUT2D eigenvalue weighted by Gasteiger charge is 2.27. The van der Waals surface area contributed by atoms with Crippen molar-refractivity contribution in [1.82, 2.24) is 0 Å². The van der Waals surface area contributed by atoms with Gasteiger partial charge in [-0.05, 0) is 43.3 Å². The Kier molecular flexibility index (Phi) is 8.13. The van der Waals surface area contributed by atoms with Crippen LogP contribution >= 0.6 is 0 Å². The van der Waals surface area contributed by atoms with Gasteiger partial charge in [-0.1, -0.05) is 18.2 Å². The van der Waals surface area contributed by atoms with Crippen molar-refractivity contribution in [3.05, 3.63) is 82.4 Å². The smallest absolute Gasteiger partial charge is 0.270 e. The molecule has 0 aliphatic carbocycles. The number of amides is 1. The van der Waals surface area contributed by atoms with Crippen LogP contribution in [0.5, 0.6) is 5.75 Å². The van der Waals surface area contributed by atoms with Gasteiger partial charge in [0, 0.05) is 31.8 Å². The number of carbonyl (C=O) groups excluding carboxylic acids is 1. The van der Waals surface area contributed by atoms with Crippen molar-refractivity contribution in [2.75, 3.05) is 54.5 Å². The van der Waals surface area contributed by atoms with E-state index in [4.69, 9.17) is 9.47 Å². The van der Waals surface area contributed by atoms with E-state index in [2.05, 4.69) is 5.32 Å². The highest BCUT2D eigenvalue weighted by molar-refractivity contribution is 7.92. The fraction of sp³-hybridized carbons (Fsp3) is 0.269. The number of sulfonamides is 1. The van der Waals surface area contributed by atoms with E-state index >= 15 is 0 Å². The van der Waals surface area contributed by atoms with Gasteiger partial charge in [-0.15, -0.1) is 0 Å². The van der Waals surface area contributed by atoms with E-state index in [0.717, 1.165) is 0 Å². The van der Waals surface area contributed by atoms with Gasteiger partial charge in [-0.3, -0.25) is 19.2 Å². The third-order valence-electron chi connectivity index (χ3n) is 6.13. The van der Waals surface area contributed by atoms with Crippen molar-refractivity contribution in [2.24, 2.45) is 0 Å². The Morgan fingerprint density at radius 3 is 2.45 bits per heavy atom. The monoisotopic (exact) mass is 540 g/mol. The summed E-state index contributed by atoms with van der Waals surface area (Å²) in [5.74, 6) is -0.406. The van der Waals surface area contributed by atoms with E-state index < -0.39 is 20.9 Å². The normalized spacial score (nSPS) is 13.6. The van der Waals surface area contributed by atoms with Gasteiger partial charge in [-0.2, -0.15) is 0 Å². The van der Waals surface area contributed by atoms with Gasteiger partial charge in [0.1, 0.15) is 5.75 Å². The van der Waals surface area contributed by atoms with Crippen molar-refractivity contribution in [3.63, 3.8) is 0 Å². The van der Waals surface area contributed by atoms with E-state index in [1.54, 1.807) is 37.3 Å². The number of nitrogens with zero attached hydrogens (tertiary/aromatic N) is 3. The van der Waals surface area contributed by atoms with E-state index in [-0.39, 0.29) is 34.1 Å². The van der Waals surface area contributed by atoms with Crippen molar-refractivity contribution < 1.29 is 27.6 Å². The third kappa shape index (κ3) is 5.55. The zero-order valence-corrected chi connectivity index (χ0v) is 21.8. The Hall–Kier alpha value is -4.16. The van der Waals surface area contributed by atoms with Crippen molar-refractivity contribution in [3.8, 4) is 5.75 Å². The molecule has 200 valence electrons. The van der Waals surface area contributed by atoms with E-state index in [1.807, 2.05) is 4.90 Å². The lowest BCUT2D eigenvalue weighted by Crippen LogP contribution is -2.37. The van der Waals surface area contributed by atoms with Crippen LogP contribution in [0.3, 0.4) is 0 Å². The molecule has 0 bridgehead atoms. The first kappa shape index (κ1) is 26.9. The van der Waals surface area contributed by atoms with Crippen LogP contribution in [0.4, 0.5) is 22.7 Å². The molecule has 4 rings (SSSR count). The second-order valence-electron chi connectivity index (χ2n) is 8.38. The number of methoxy groups -OCH3 is 1. The molecule has 0 unspecified atom stereocenters. The molecule has 3 aromatic rings. The number of non-ortho nitro benzene ring substituents is 1. The molecule has 1 amide bonds. The van der Waals surface area contributed by atoms with Crippen LogP contribution in [0.1, 0.15) is 17.3 Å². The number of para-hydroxylation sites is 1. The summed E-state index contributed by atoms with van der Waals surface area (Å²) in [6, 6.07) is 17.0. The highest BCUT2D eigenvalue weighted by atomic mass is 32.2. The second-order valence-corrected chi connectivity index (χ2v) is 10.2. The van der Waals surface area contributed by atoms with Crippen molar-refractivity contribution in [1.29, 1.82) is 0 Å². The molecular weight excluding hydrogens is 512 g/mol. The number of nitro groups is 1. The van der Waals surface area contributed by atoms with E-state index in [1.165, 1.54) is 47.8 Å². The highest BCUT2D eigenvalue weighted by Crippen LogP contribution is 2.33. The summed E-state index contributed by atoms with van der Waals surface area (Å²) in [5.41, 5.74) is 0.971. The molecule has 1 N–H and O–H groups in total. The Balaban J connectivity index is 1.71. The SMILES string of the molecule is CCN(c1ccccc1)S(=O)(=O)c1ccc(OC)c(NC(=O)c2cc([N+](=O)[O-])ccc2N2CCOCC2)c1. The molecule has 0 aromatic heterocycles. The number of hydrogen-bond acceptors (Lipinski definition) is 8. The van der Waals surface area contributed by atoms with Crippen LogP contribution in [-0.4, -0.2) is 59.2 Å². The van der Waals surface area contributed by atoms with Gasteiger partial charge in [0.25, 0.3) is 21.6 Å². The van der Waals surface area contributed by atoms with Crippen LogP contribution in [-0.2, 0) is 14.8 Å². The molecule has 1 aliphatic rings. The van der Waals surface area contributed by atoms with E-state index in [0.29, 0.717) is 37.7 Å². The minimum Gasteiger partial charge on any atom is -0.495 e. The molecule has 1 heterocycles. The summed E-state index contributed by atoms with van der Waals surface area (Å²) in [7, 11) is -2.58. The van der Waals surface area contributed by atoms with Crippen LogP contribution < -0.4 is 19.3 Å². The second kappa shape index (κ2) is 11.5. The van der Waals surface area contributed by atoms with Gasteiger partial charge in [-0.25, -0.2) is 8.42 Å². The number of ether oxygens (including phenoxy) is 2. The number of nitro benzene ring substituents is 1. The number of benzene rings is 3. The molecule has 1 saturated heterocycles. The summed E-state index contributed by atoms with van der Waals surface area (Å²) in [5, 5.41) is 14.1. The topological polar surface area (TPSA) is 131 Å². The predicted molar refractivity (Wildman–Crippen MR) is 144 cm³/mol. The Bertz CT molecular complexity index is 1420. The van der Waals surface area contributed by atoms with Crippen LogP contribution in [0.2, 0.25) is 0 Å². The zero-order chi connectivity index (χ0) is 27.3. The summed E-state index contributed by atoms with van der Waals surface area (Å²) in [6.07, 6.45) is 0. The molecule has 3 aromatic carbocycles. The molecule has 38 heavy (non-hydrogen) atoms. The third-order valence-corrected chi connectivity index (χ3v) is 8.02. The molecule has 12 heteroatoms. The Labute approximate surface area is 220 Å². The first-order valence-electron chi connectivity index (χ1n) is 11.9. The number of nitrogens with one attached hydrogen (secondary N) is 1. The summed E-state index contributed by atoms with van der Waals surface area (Å²) in [4.78, 5) is 26.2. The zero-order valence-electron chi connectivity index (χ0n) is 21.0. The van der Waals surface area contributed by atoms with Crippen LogP contribution in [0.15, 0.2) is 71.6 Å². The summed E-state index contributed by atoms with van der Waals surface area (Å²) < 4.78 is 39.1. The molecule has 0 atom stereocenters. The Morgan fingerprint density at radius 2 is 1.82 bits per heavy atom. The number of hydrogen-bond donors (Lipinski definition) is 1. The van der Waals surface area contributed by atoms with Gasteiger partial charge >= 0.3 is 0 Å². The minimum absolute atomic E-state index is 0.0493. The molecule has 11 nitrogen and oxygen atoms in total. The maximum absolute atomic E-state index is 13.5. The maximum atomic E-state index is 13.5. The largest absolute Gasteiger partial charge is 0.495 e. The maximum Gasteiger partial charge on any atom is 0.270 e. The number of morpholine rings is 1. The van der Waals surface area contributed by atoms with Crippen LogP contribution in [0, 0.1) is 10.1 Å². The Morgan fingerprint density at radius 1 is 1.11 bits per heavy atom. The fourth-order valence-electron chi connectivity index (χ4n) is 4.25. The number of anilines is 3. The van der Waals surface area contributed by atoms with Crippen molar-refractivity contribution in [2.45, 2.75) is 11.8 Å². The summed E-state index contributed by atoms with van der Waals surface area (Å²) in [6.45, 7) is 3.87. The number of carbonyl (C=O) groups is 1. The molecule has 0 saturated carbocycles. The first-order chi connectivity index (χ1) is 18.3. The lowest BCUT2D eigenvalue weighted by Gasteiger charge is -2.30. The van der Waals surface area contributed by atoms with Gasteiger partial charge in [0.05, 0.1) is 52.8 Å². The quantitative estimate of drug-likeness (QED) is 0.319. The van der Waals surface area contributed by atoms with Crippen molar-refractivity contribution >= 4 is 38.7 Å². The lowest BCUT2D eigenvalue weighted by atomic mass is 10.1. The molecular formula is C26H28N4O7S. The minimum atomic E-state index is -3.98. The summed E-state index contributed by atoms with van der Waals surface area (Å²) >= 11 is 0. The van der Waals surface area contributed by atoms with Crippen LogP contribution in [0.25, 0.3) is 0 Å². The molecule has 1 fully saturated rings. The standard InChI is InChI=1S/C26H28N4O7S/c1-3-29(19-7-5-4-6-8-19)38(34,35)21-10-12-25(36-2)23(18-21)27-26(31)22-17-20(30(32)33)9-11-24(22)28-13-15-37-16-14-28/h4-12,17-18H,3,13-16H2,1-2H3,(H,27,31). The fourth-order valence-corrected chi connectivity index (χ4v) is 5.75. The van der Waals surface area contributed by atoms with E-state index in [9.17, 15) is 23.3 Å². The van der Waals surface area contributed by atoms with Gasteiger partial charge in [0.15, 0.2) is 0 Å². The van der Waals surface area contributed by atoms with Gasteiger partial charge in [0.2, 0.25) is 0 Å². The van der Waals surface area contributed by atoms with Gasteiger partial charge < -0.3 is 19.7 Å². The average Bonchev–Trinajstić information content (AvgIpc) is 2.94. The predicted octanol–water partition coefficient (Wildman–Crippen LogP) is 3.91. The average molecular weight is 541 g/mol. The number of rotatable bonds is 9. The molecule has 0 spiro atoms. The lowest BCUT2D eigenvalue weighted by molar-refractivity contribution is -0.384.